The van der Waals surface area contributed by atoms with Crippen LogP contribution in [0.4, 0.5) is 0 Å². The first-order valence-electron chi connectivity index (χ1n) is 7.41. The number of furan rings is 1. The second-order valence-corrected chi connectivity index (χ2v) is 7.02. The Bertz CT molecular complexity index is 676. The van der Waals surface area contributed by atoms with Crippen molar-refractivity contribution in [3.05, 3.63) is 54.0 Å². The van der Waals surface area contributed by atoms with Crippen LogP contribution >= 0.6 is 0 Å². The van der Waals surface area contributed by atoms with Gasteiger partial charge in [0, 0.05) is 10.9 Å². The summed E-state index contributed by atoms with van der Waals surface area (Å²) in [6, 6.07) is 13.2. The molecule has 4 nitrogen and oxygen atoms in total. The summed E-state index contributed by atoms with van der Waals surface area (Å²) in [5, 5.41) is 0. The number of amides is 1. The van der Waals surface area contributed by atoms with Gasteiger partial charge in [-0.25, -0.2) is 0 Å². The van der Waals surface area contributed by atoms with E-state index in [1.54, 1.807) is 17.0 Å². The predicted octanol–water partition coefficient (Wildman–Crippen LogP) is 2.89. The van der Waals surface area contributed by atoms with E-state index in [9.17, 15) is 9.00 Å². The second kappa shape index (κ2) is 6.48. The summed E-state index contributed by atoms with van der Waals surface area (Å²) in [6.07, 6.45) is 2.03. The van der Waals surface area contributed by atoms with Gasteiger partial charge in [-0.2, -0.15) is 0 Å². The molecule has 116 valence electrons. The third-order valence-corrected chi connectivity index (χ3v) is 5.00. The molecule has 0 N–H and O–H groups in total. The minimum absolute atomic E-state index is 0.0280. The van der Waals surface area contributed by atoms with Crippen LogP contribution in [0.15, 0.2) is 51.8 Å². The van der Waals surface area contributed by atoms with Gasteiger partial charge in [0.15, 0.2) is 0 Å². The Labute approximate surface area is 132 Å². The van der Waals surface area contributed by atoms with Crippen molar-refractivity contribution >= 4 is 16.7 Å². The van der Waals surface area contributed by atoms with Gasteiger partial charge in [0.05, 0.1) is 17.3 Å². The number of rotatable bonds is 6. The summed E-state index contributed by atoms with van der Waals surface area (Å²) in [5.41, 5.74) is 0. The highest BCUT2D eigenvalue weighted by molar-refractivity contribution is 7.85. The van der Waals surface area contributed by atoms with E-state index >= 15 is 0 Å². The van der Waals surface area contributed by atoms with E-state index in [2.05, 4.69) is 0 Å². The minimum atomic E-state index is -1.30. The molecule has 1 unspecified atom stereocenters. The molecule has 0 aliphatic heterocycles. The van der Waals surface area contributed by atoms with Crippen LogP contribution in [-0.4, -0.2) is 26.8 Å². The molecule has 1 aliphatic carbocycles. The van der Waals surface area contributed by atoms with E-state index in [-0.39, 0.29) is 17.7 Å². The number of aryl methyl sites for hydroxylation is 1. The highest BCUT2D eigenvalue weighted by Crippen LogP contribution is 2.29. The fourth-order valence-corrected chi connectivity index (χ4v) is 3.41. The first-order chi connectivity index (χ1) is 10.6. The minimum Gasteiger partial charge on any atom is -0.464 e. The fourth-order valence-electron chi connectivity index (χ4n) is 2.40. The Hall–Kier alpha value is -1.88. The molecule has 2 aromatic rings. The molecule has 22 heavy (non-hydrogen) atoms. The molecular weight excluding hydrogens is 298 g/mol. The maximum atomic E-state index is 12.5. The molecule has 0 spiro atoms. The van der Waals surface area contributed by atoms with Crippen molar-refractivity contribution < 1.29 is 13.4 Å². The number of hydrogen-bond donors (Lipinski definition) is 0. The number of benzene rings is 1. The van der Waals surface area contributed by atoms with E-state index in [1.165, 1.54) is 0 Å². The summed E-state index contributed by atoms with van der Waals surface area (Å²) in [5.74, 6) is 1.58. The molecule has 0 radical (unpaired) electrons. The van der Waals surface area contributed by atoms with Crippen LogP contribution in [0.2, 0.25) is 0 Å². The molecule has 1 aromatic heterocycles. The average molecular weight is 317 g/mol. The lowest BCUT2D eigenvalue weighted by Gasteiger charge is -2.21. The van der Waals surface area contributed by atoms with Crippen molar-refractivity contribution in [3.63, 3.8) is 0 Å². The number of carbonyl (C=O) groups is 1. The van der Waals surface area contributed by atoms with Crippen LogP contribution in [-0.2, 0) is 22.1 Å². The Morgan fingerprint density at radius 3 is 2.55 bits per heavy atom. The van der Waals surface area contributed by atoms with Crippen molar-refractivity contribution in [1.29, 1.82) is 0 Å². The maximum absolute atomic E-state index is 12.5. The van der Waals surface area contributed by atoms with Gasteiger partial charge in [-0.05, 0) is 44.0 Å². The molecule has 3 rings (SSSR count). The maximum Gasteiger partial charge on any atom is 0.236 e. The van der Waals surface area contributed by atoms with E-state index in [4.69, 9.17) is 4.42 Å². The van der Waals surface area contributed by atoms with Crippen LogP contribution in [0.25, 0.3) is 0 Å². The predicted molar refractivity (Wildman–Crippen MR) is 84.7 cm³/mol. The molecule has 0 bridgehead atoms. The highest BCUT2D eigenvalue weighted by atomic mass is 32.2. The molecule has 1 aliphatic rings. The first-order valence-corrected chi connectivity index (χ1v) is 8.73. The van der Waals surface area contributed by atoms with Gasteiger partial charge in [0.2, 0.25) is 5.91 Å². The zero-order valence-corrected chi connectivity index (χ0v) is 13.3. The van der Waals surface area contributed by atoms with Crippen LogP contribution in [0.5, 0.6) is 0 Å². The van der Waals surface area contributed by atoms with Crippen molar-refractivity contribution in [2.75, 3.05) is 5.75 Å². The number of carbonyl (C=O) groups excluding carboxylic acids is 1. The van der Waals surface area contributed by atoms with Crippen molar-refractivity contribution in [2.24, 2.45) is 0 Å². The lowest BCUT2D eigenvalue weighted by Crippen LogP contribution is -2.35. The smallest absolute Gasteiger partial charge is 0.236 e. The summed E-state index contributed by atoms with van der Waals surface area (Å²) in [6.45, 7) is 2.35. The topological polar surface area (TPSA) is 50.5 Å². The molecular formula is C17H19NO3S. The Kier molecular flexibility index (Phi) is 4.43. The van der Waals surface area contributed by atoms with Crippen LogP contribution < -0.4 is 0 Å². The molecule has 5 heteroatoms. The molecule has 1 amide bonds. The summed E-state index contributed by atoms with van der Waals surface area (Å²) in [4.78, 5) is 15.0. The number of hydrogen-bond acceptors (Lipinski definition) is 3. The summed E-state index contributed by atoms with van der Waals surface area (Å²) >= 11 is 0. The van der Waals surface area contributed by atoms with E-state index in [0.717, 1.165) is 24.4 Å². The molecule has 1 aromatic carbocycles. The van der Waals surface area contributed by atoms with E-state index in [1.807, 2.05) is 37.3 Å². The number of nitrogens with zero attached hydrogens (tertiary/aromatic N) is 1. The highest BCUT2D eigenvalue weighted by Gasteiger charge is 2.33. The lowest BCUT2D eigenvalue weighted by atomic mass is 10.3. The lowest BCUT2D eigenvalue weighted by molar-refractivity contribution is -0.129. The van der Waals surface area contributed by atoms with Crippen molar-refractivity contribution in [1.82, 2.24) is 4.90 Å². The molecule has 1 saturated carbocycles. The third-order valence-electron chi connectivity index (χ3n) is 3.69. The van der Waals surface area contributed by atoms with Gasteiger partial charge >= 0.3 is 0 Å². The third kappa shape index (κ3) is 3.65. The quantitative estimate of drug-likeness (QED) is 0.823. The normalized spacial score (nSPS) is 15.5. The van der Waals surface area contributed by atoms with Gasteiger partial charge < -0.3 is 9.32 Å². The molecule has 1 atom stereocenters. The largest absolute Gasteiger partial charge is 0.464 e. The van der Waals surface area contributed by atoms with E-state index < -0.39 is 10.8 Å². The van der Waals surface area contributed by atoms with Crippen molar-refractivity contribution in [3.8, 4) is 0 Å². The van der Waals surface area contributed by atoms with Gasteiger partial charge in [-0.15, -0.1) is 0 Å². The van der Waals surface area contributed by atoms with Gasteiger partial charge in [-0.3, -0.25) is 9.00 Å². The molecule has 0 saturated heterocycles. The van der Waals surface area contributed by atoms with Gasteiger partial charge in [0.25, 0.3) is 0 Å². The van der Waals surface area contributed by atoms with Gasteiger partial charge in [0.1, 0.15) is 17.3 Å². The van der Waals surface area contributed by atoms with Crippen LogP contribution in [0.3, 0.4) is 0 Å². The Morgan fingerprint density at radius 2 is 1.95 bits per heavy atom. The van der Waals surface area contributed by atoms with Crippen LogP contribution in [0.1, 0.15) is 24.4 Å². The zero-order chi connectivity index (χ0) is 15.5. The Balaban J connectivity index is 1.66. The van der Waals surface area contributed by atoms with Crippen LogP contribution in [0, 0.1) is 6.92 Å². The van der Waals surface area contributed by atoms with Gasteiger partial charge in [-0.1, -0.05) is 18.2 Å². The molecule has 1 fully saturated rings. The standard InChI is InChI=1S/C17H19NO3S/c1-13-7-10-15(21-13)11-18(14-8-9-14)17(19)12-22(20)16-5-3-2-4-6-16/h2-7,10,14H,8-9,11-12H2,1H3. The summed E-state index contributed by atoms with van der Waals surface area (Å²) in [7, 11) is -1.30. The average Bonchev–Trinajstić information content (AvgIpc) is 3.28. The second-order valence-electron chi connectivity index (χ2n) is 5.57. The van der Waals surface area contributed by atoms with E-state index in [0.29, 0.717) is 11.4 Å². The zero-order valence-electron chi connectivity index (χ0n) is 12.5. The Morgan fingerprint density at radius 1 is 1.23 bits per heavy atom. The monoisotopic (exact) mass is 317 g/mol. The summed E-state index contributed by atoms with van der Waals surface area (Å²) < 4.78 is 17.9. The fraction of sp³-hybridized carbons (Fsp3) is 0.353. The SMILES string of the molecule is Cc1ccc(CN(C(=O)CS(=O)c2ccccc2)C2CC2)o1. The molecule has 1 heterocycles. The van der Waals surface area contributed by atoms with Crippen molar-refractivity contribution in [2.45, 2.75) is 37.2 Å². The first kappa shape index (κ1) is 15.0.